The van der Waals surface area contributed by atoms with Crippen LogP contribution >= 0.6 is 0 Å². The lowest BCUT2D eigenvalue weighted by atomic mass is 11.0. The molecule has 132 valence electrons. The molecule has 0 rings (SSSR count). The lowest BCUT2D eigenvalue weighted by Gasteiger charge is -1.78. The molecule has 0 aromatic rings. The normalized spacial score (nSPS) is 3.79. The van der Waals surface area contributed by atoms with Crippen molar-refractivity contribution in [1.82, 2.24) is 0 Å². The zero-order chi connectivity index (χ0) is 17.4. The molecule has 0 aliphatic heterocycles. The summed E-state index contributed by atoms with van der Waals surface area (Å²) in [6, 6.07) is 0. The predicted molar refractivity (Wildman–Crippen MR) is 97.1 cm³/mol. The molecule has 0 aromatic carbocycles. The van der Waals surface area contributed by atoms with Crippen molar-refractivity contribution in [3.8, 4) is 0 Å². The first-order valence-corrected chi connectivity index (χ1v) is 7.98. The van der Waals surface area contributed by atoms with E-state index in [4.69, 9.17) is 0 Å². The molecule has 0 fully saturated rings. The summed E-state index contributed by atoms with van der Waals surface area (Å²) in [6.45, 7) is 28.0. The number of hydrogen-bond donors (Lipinski definition) is 0. The molecule has 0 spiro atoms. The van der Waals surface area contributed by atoms with Gasteiger partial charge in [0.15, 0.2) is 0 Å². The van der Waals surface area contributed by atoms with Crippen molar-refractivity contribution in [2.45, 2.75) is 96.9 Å². The molecule has 0 saturated carbocycles. The van der Waals surface area contributed by atoms with Gasteiger partial charge in [-0.05, 0) is 0 Å². The fourth-order valence-corrected chi connectivity index (χ4v) is 0. The Kier molecular flexibility index (Phi) is 4690. The molecule has 2 N–H and O–H groups in total. The molecular formula is C16H50O3. The van der Waals surface area contributed by atoms with Gasteiger partial charge in [0.1, 0.15) is 0 Å². The van der Waals surface area contributed by atoms with Crippen molar-refractivity contribution in [3.63, 3.8) is 0 Å². The van der Waals surface area contributed by atoms with Gasteiger partial charge in [0, 0.05) is 0 Å². The van der Waals surface area contributed by atoms with E-state index in [0.29, 0.717) is 0 Å². The fraction of sp³-hybridized carbons (Fsp3) is 1.00. The van der Waals surface area contributed by atoms with Gasteiger partial charge < -0.3 is 5.48 Å². The maximum absolute atomic E-state index is 4.04. The van der Waals surface area contributed by atoms with Crippen LogP contribution in [0.15, 0.2) is 0 Å². The van der Waals surface area contributed by atoms with Crippen LogP contribution in [0.2, 0.25) is 0 Å². The van der Waals surface area contributed by atoms with Gasteiger partial charge in [0.05, 0.1) is 14.2 Å². The summed E-state index contributed by atoms with van der Waals surface area (Å²) in [6.07, 6.45) is 0. The van der Waals surface area contributed by atoms with Crippen molar-refractivity contribution in [2.75, 3.05) is 14.2 Å². The second kappa shape index (κ2) is 1440. The third-order valence-corrected chi connectivity index (χ3v) is 0.167. The van der Waals surface area contributed by atoms with Crippen LogP contribution in [0.3, 0.4) is 0 Å². The summed E-state index contributed by atoms with van der Waals surface area (Å²) >= 11 is 0. The molecule has 0 aromatic heterocycles. The van der Waals surface area contributed by atoms with E-state index in [2.05, 4.69) is 9.78 Å². The molecule has 3 heteroatoms. The Morgan fingerprint density at radius 2 is 0.368 bits per heavy atom. The standard InChI is InChI=1S/C2H6O2.7C2H6.H2O/c1-3-4-2;7*1-2;/h1-2H3;7*1-2H3;1H2. The first-order valence-electron chi connectivity index (χ1n) is 7.98. The van der Waals surface area contributed by atoms with Gasteiger partial charge in [-0.2, -0.15) is 0 Å². The molecule has 0 aliphatic carbocycles. The quantitative estimate of drug-likeness (QED) is 0.406. The average Bonchev–Trinajstić information content (AvgIpc) is 2.60. The predicted octanol–water partition coefficient (Wildman–Crippen LogP) is 6.55. The summed E-state index contributed by atoms with van der Waals surface area (Å²) in [4.78, 5) is 8.08. The van der Waals surface area contributed by atoms with Crippen LogP contribution in [0.1, 0.15) is 96.9 Å². The van der Waals surface area contributed by atoms with Gasteiger partial charge in [-0.15, -0.1) is 0 Å². The maximum Gasteiger partial charge on any atom is 0.0712 e. The van der Waals surface area contributed by atoms with Gasteiger partial charge >= 0.3 is 0 Å². The van der Waals surface area contributed by atoms with Crippen LogP contribution in [-0.2, 0) is 9.78 Å². The number of rotatable bonds is 1. The van der Waals surface area contributed by atoms with Gasteiger partial charge in [-0.3, -0.25) is 0 Å². The van der Waals surface area contributed by atoms with Crippen LogP contribution in [0.25, 0.3) is 0 Å². The average molecular weight is 291 g/mol. The van der Waals surface area contributed by atoms with Crippen LogP contribution in [0, 0.1) is 0 Å². The smallest absolute Gasteiger partial charge is 0.0712 e. The second-order valence-electron chi connectivity index (χ2n) is 0.333. The van der Waals surface area contributed by atoms with Crippen LogP contribution in [0.5, 0.6) is 0 Å². The minimum Gasteiger partial charge on any atom is -0.412 e. The van der Waals surface area contributed by atoms with E-state index >= 15 is 0 Å². The van der Waals surface area contributed by atoms with E-state index in [1.165, 1.54) is 14.2 Å². The summed E-state index contributed by atoms with van der Waals surface area (Å²) in [7, 11) is 2.92. The van der Waals surface area contributed by atoms with E-state index in [9.17, 15) is 0 Å². The summed E-state index contributed by atoms with van der Waals surface area (Å²) in [5.41, 5.74) is 0. The molecule has 0 aliphatic rings. The summed E-state index contributed by atoms with van der Waals surface area (Å²) in [5.74, 6) is 0. The summed E-state index contributed by atoms with van der Waals surface area (Å²) in [5, 5.41) is 0. The molecule has 0 amide bonds. The third-order valence-electron chi connectivity index (χ3n) is 0.167. The zero-order valence-electron chi connectivity index (χ0n) is 17.3. The van der Waals surface area contributed by atoms with Gasteiger partial charge in [-0.1, -0.05) is 96.9 Å². The van der Waals surface area contributed by atoms with Crippen molar-refractivity contribution < 1.29 is 15.3 Å². The molecular weight excluding hydrogens is 240 g/mol. The van der Waals surface area contributed by atoms with Crippen molar-refractivity contribution in [2.24, 2.45) is 0 Å². The van der Waals surface area contributed by atoms with E-state index in [1.807, 2.05) is 96.9 Å². The molecule has 0 radical (unpaired) electrons. The highest BCUT2D eigenvalue weighted by Crippen LogP contribution is 1.52. The van der Waals surface area contributed by atoms with E-state index < -0.39 is 0 Å². The monoisotopic (exact) mass is 290 g/mol. The Bertz CT molecular complexity index is 14.0. The lowest BCUT2D eigenvalue weighted by molar-refractivity contribution is -0.248. The highest BCUT2D eigenvalue weighted by molar-refractivity contribution is 3.52. The molecule has 0 unspecified atom stereocenters. The minimum absolute atomic E-state index is 0. The Morgan fingerprint density at radius 1 is 0.316 bits per heavy atom. The molecule has 0 saturated heterocycles. The highest BCUT2D eigenvalue weighted by Gasteiger charge is 1.47. The Balaban J connectivity index is -0.00000000874. The summed E-state index contributed by atoms with van der Waals surface area (Å²) < 4.78 is 0. The Hall–Kier alpha value is -0.120. The molecule has 0 heterocycles. The second-order valence-corrected chi connectivity index (χ2v) is 0.333. The minimum atomic E-state index is 0. The van der Waals surface area contributed by atoms with E-state index in [-0.39, 0.29) is 5.48 Å². The van der Waals surface area contributed by atoms with Crippen molar-refractivity contribution in [1.29, 1.82) is 0 Å². The Morgan fingerprint density at radius 3 is 0.368 bits per heavy atom. The van der Waals surface area contributed by atoms with Crippen LogP contribution in [-0.4, -0.2) is 19.7 Å². The molecule has 19 heavy (non-hydrogen) atoms. The molecule has 0 bridgehead atoms. The fourth-order valence-electron chi connectivity index (χ4n) is 0. The highest BCUT2D eigenvalue weighted by atomic mass is 17.2. The maximum atomic E-state index is 4.04. The lowest BCUT2D eigenvalue weighted by Crippen LogP contribution is -1.72. The number of hydrogen-bond acceptors (Lipinski definition) is 2. The first kappa shape index (κ1) is 61.8. The molecule has 3 nitrogen and oxygen atoms in total. The van der Waals surface area contributed by atoms with Crippen LogP contribution < -0.4 is 0 Å². The van der Waals surface area contributed by atoms with Crippen molar-refractivity contribution in [3.05, 3.63) is 0 Å². The van der Waals surface area contributed by atoms with E-state index in [1.54, 1.807) is 0 Å². The topological polar surface area (TPSA) is 50.0 Å². The zero-order valence-corrected chi connectivity index (χ0v) is 17.3. The van der Waals surface area contributed by atoms with E-state index in [0.717, 1.165) is 0 Å². The first-order chi connectivity index (χ1) is 8.91. The van der Waals surface area contributed by atoms with Gasteiger partial charge in [-0.25, -0.2) is 9.78 Å². The molecule has 0 atom stereocenters. The SMILES string of the molecule is CC.CC.CC.CC.CC.CC.CC.COOC.O. The third kappa shape index (κ3) is 5820. The van der Waals surface area contributed by atoms with Crippen LogP contribution in [0.4, 0.5) is 0 Å². The Labute approximate surface area is 127 Å². The van der Waals surface area contributed by atoms with Gasteiger partial charge in [0.25, 0.3) is 0 Å². The largest absolute Gasteiger partial charge is 0.412 e. The van der Waals surface area contributed by atoms with Crippen molar-refractivity contribution >= 4 is 0 Å². The van der Waals surface area contributed by atoms with Gasteiger partial charge in [0.2, 0.25) is 0 Å².